The first-order valence-electron chi connectivity index (χ1n) is 6.27. The second-order valence-corrected chi connectivity index (χ2v) is 5.26. The van der Waals surface area contributed by atoms with Crippen LogP contribution in [0.1, 0.15) is 43.0 Å². The summed E-state index contributed by atoms with van der Waals surface area (Å²) in [5.41, 5.74) is -0.814. The van der Waals surface area contributed by atoms with E-state index in [1.54, 1.807) is 6.92 Å². The Balaban J connectivity index is 2.09. The van der Waals surface area contributed by atoms with Crippen LogP contribution >= 0.6 is 0 Å². The quantitative estimate of drug-likeness (QED) is 0.777. The van der Waals surface area contributed by atoms with Gasteiger partial charge in [-0.2, -0.15) is 13.2 Å². The largest absolute Gasteiger partial charge is 0.486 e. The van der Waals surface area contributed by atoms with Gasteiger partial charge in [-0.1, -0.05) is 0 Å². The molecule has 1 atom stereocenters. The van der Waals surface area contributed by atoms with Crippen LogP contribution in [-0.2, 0) is 0 Å². The lowest BCUT2D eigenvalue weighted by Crippen LogP contribution is -2.39. The number of halogens is 4. The minimum Gasteiger partial charge on any atom is -0.486 e. The van der Waals surface area contributed by atoms with Gasteiger partial charge in [-0.15, -0.1) is 0 Å². The molecule has 0 fully saturated rings. The zero-order chi connectivity index (χ0) is 15.0. The number of hydrogen-bond donors (Lipinski definition) is 0. The number of fused-ring (bicyclic) bond motifs is 1. The molecule has 0 N–H and O–H groups in total. The molecule has 0 amide bonds. The maximum atomic E-state index is 13.1. The molecule has 0 spiro atoms. The van der Waals surface area contributed by atoms with Crippen LogP contribution in [0.4, 0.5) is 17.6 Å². The Morgan fingerprint density at radius 1 is 1.35 bits per heavy atom. The van der Waals surface area contributed by atoms with Crippen LogP contribution in [-0.4, -0.2) is 17.6 Å². The molecule has 0 aromatic heterocycles. The minimum atomic E-state index is -4.21. The first kappa shape index (κ1) is 14.8. The second-order valence-electron chi connectivity index (χ2n) is 5.26. The topological polar surface area (TPSA) is 26.3 Å². The van der Waals surface area contributed by atoms with Crippen LogP contribution in [0.25, 0.3) is 0 Å². The van der Waals surface area contributed by atoms with Crippen molar-refractivity contribution in [1.82, 2.24) is 0 Å². The van der Waals surface area contributed by atoms with Crippen LogP contribution in [0.15, 0.2) is 18.2 Å². The van der Waals surface area contributed by atoms with E-state index in [2.05, 4.69) is 0 Å². The van der Waals surface area contributed by atoms with Crippen molar-refractivity contribution >= 4 is 5.78 Å². The zero-order valence-corrected chi connectivity index (χ0v) is 10.9. The van der Waals surface area contributed by atoms with Crippen LogP contribution in [0.3, 0.4) is 0 Å². The van der Waals surface area contributed by atoms with Gasteiger partial charge >= 0.3 is 6.18 Å². The van der Waals surface area contributed by atoms with Gasteiger partial charge in [0.25, 0.3) is 0 Å². The highest BCUT2D eigenvalue weighted by molar-refractivity contribution is 6.00. The molecule has 6 heteroatoms. The molecule has 1 aromatic carbocycles. The van der Waals surface area contributed by atoms with Crippen molar-refractivity contribution in [2.24, 2.45) is 0 Å². The highest BCUT2D eigenvalue weighted by Gasteiger charge is 2.37. The maximum Gasteiger partial charge on any atom is 0.389 e. The van der Waals surface area contributed by atoms with Gasteiger partial charge in [0.1, 0.15) is 17.2 Å². The van der Waals surface area contributed by atoms with Crippen molar-refractivity contribution in [2.75, 3.05) is 0 Å². The lowest BCUT2D eigenvalue weighted by atomic mass is 9.87. The number of hydrogen-bond acceptors (Lipinski definition) is 2. The van der Waals surface area contributed by atoms with Crippen molar-refractivity contribution in [3.05, 3.63) is 29.6 Å². The summed E-state index contributed by atoms with van der Waals surface area (Å²) in [5, 5.41) is 0. The number of carbonyl (C=O) groups excluding carboxylic acids is 1. The van der Waals surface area contributed by atoms with Crippen LogP contribution in [0, 0.1) is 5.82 Å². The SMILES string of the molecule is CC1(CCCC(F)(F)F)CC(=O)c2cc(F)ccc2O1. The Bertz CT molecular complexity index is 524. The number of benzene rings is 1. The standard InChI is InChI=1S/C14H14F4O2/c1-13(5-2-6-14(16,17)18)8-11(19)10-7-9(15)3-4-12(10)20-13/h3-4,7H,2,5-6,8H2,1H3. The Kier molecular flexibility index (Phi) is 3.75. The smallest absolute Gasteiger partial charge is 0.389 e. The Labute approximate surface area is 113 Å². The van der Waals surface area contributed by atoms with E-state index >= 15 is 0 Å². The fraction of sp³-hybridized carbons (Fsp3) is 0.500. The van der Waals surface area contributed by atoms with Gasteiger partial charge in [-0.3, -0.25) is 4.79 Å². The number of ketones is 1. The molecule has 110 valence electrons. The normalized spacial score (nSPS) is 22.4. The summed E-state index contributed by atoms with van der Waals surface area (Å²) in [6, 6.07) is 3.59. The molecular formula is C14H14F4O2. The first-order chi connectivity index (χ1) is 9.19. The molecule has 0 aliphatic carbocycles. The summed E-state index contributed by atoms with van der Waals surface area (Å²) < 4.78 is 55.1. The van der Waals surface area contributed by atoms with Crippen molar-refractivity contribution in [3.63, 3.8) is 0 Å². The monoisotopic (exact) mass is 290 g/mol. The molecule has 0 saturated carbocycles. The predicted octanol–water partition coefficient (Wildman–Crippen LogP) is 4.28. The third-order valence-corrected chi connectivity index (χ3v) is 3.30. The number of ether oxygens (including phenoxy) is 1. The van der Waals surface area contributed by atoms with E-state index in [9.17, 15) is 22.4 Å². The average molecular weight is 290 g/mol. The van der Waals surface area contributed by atoms with Crippen molar-refractivity contribution in [1.29, 1.82) is 0 Å². The van der Waals surface area contributed by atoms with Crippen molar-refractivity contribution in [3.8, 4) is 5.75 Å². The van der Waals surface area contributed by atoms with Crippen LogP contribution < -0.4 is 4.74 Å². The molecule has 1 aromatic rings. The summed E-state index contributed by atoms with van der Waals surface area (Å²) in [5.74, 6) is -0.612. The number of carbonyl (C=O) groups is 1. The van der Waals surface area contributed by atoms with E-state index in [1.165, 1.54) is 6.07 Å². The van der Waals surface area contributed by atoms with Crippen LogP contribution in [0.5, 0.6) is 5.75 Å². The van der Waals surface area contributed by atoms with E-state index in [4.69, 9.17) is 4.74 Å². The third kappa shape index (κ3) is 3.49. The van der Waals surface area contributed by atoms with E-state index in [1.807, 2.05) is 0 Å². The number of alkyl halides is 3. The van der Waals surface area contributed by atoms with Gasteiger partial charge in [-0.25, -0.2) is 4.39 Å². The highest BCUT2D eigenvalue weighted by atomic mass is 19.4. The molecule has 1 aliphatic rings. The Morgan fingerprint density at radius 2 is 2.05 bits per heavy atom. The highest BCUT2D eigenvalue weighted by Crippen LogP contribution is 2.37. The molecule has 1 aliphatic heterocycles. The van der Waals surface area contributed by atoms with Crippen LogP contribution in [0.2, 0.25) is 0 Å². The van der Waals surface area contributed by atoms with Crippen molar-refractivity contribution in [2.45, 2.75) is 44.4 Å². The number of rotatable bonds is 3. The predicted molar refractivity (Wildman–Crippen MR) is 64.3 cm³/mol. The Morgan fingerprint density at radius 3 is 2.70 bits per heavy atom. The molecule has 2 rings (SSSR count). The molecule has 20 heavy (non-hydrogen) atoms. The lowest BCUT2D eigenvalue weighted by molar-refractivity contribution is -0.137. The first-order valence-corrected chi connectivity index (χ1v) is 6.27. The van der Waals surface area contributed by atoms with Gasteiger partial charge < -0.3 is 4.74 Å². The van der Waals surface area contributed by atoms with E-state index < -0.39 is 24.0 Å². The summed E-state index contributed by atoms with van der Waals surface area (Å²) in [4.78, 5) is 11.9. The Hall–Kier alpha value is -1.59. The lowest BCUT2D eigenvalue weighted by Gasteiger charge is -2.35. The molecule has 1 heterocycles. The molecule has 2 nitrogen and oxygen atoms in total. The van der Waals surface area contributed by atoms with E-state index in [0.29, 0.717) is 0 Å². The zero-order valence-electron chi connectivity index (χ0n) is 10.9. The van der Waals surface area contributed by atoms with Gasteiger partial charge in [0, 0.05) is 6.42 Å². The molecule has 0 saturated heterocycles. The summed E-state index contributed by atoms with van der Waals surface area (Å²) in [7, 11) is 0. The van der Waals surface area contributed by atoms with Gasteiger partial charge in [0.05, 0.1) is 12.0 Å². The van der Waals surface area contributed by atoms with E-state index in [0.717, 1.165) is 12.1 Å². The summed E-state index contributed by atoms with van der Waals surface area (Å²) in [6.07, 6.45) is -5.15. The minimum absolute atomic E-state index is 0.0404. The molecule has 0 bridgehead atoms. The van der Waals surface area contributed by atoms with Gasteiger partial charge in [0.15, 0.2) is 5.78 Å². The third-order valence-electron chi connectivity index (χ3n) is 3.30. The fourth-order valence-corrected chi connectivity index (χ4v) is 2.35. The maximum absolute atomic E-state index is 13.1. The fourth-order valence-electron chi connectivity index (χ4n) is 2.35. The second kappa shape index (κ2) is 5.07. The van der Waals surface area contributed by atoms with Crippen molar-refractivity contribution < 1.29 is 27.1 Å². The molecular weight excluding hydrogens is 276 g/mol. The van der Waals surface area contributed by atoms with Gasteiger partial charge in [-0.05, 0) is 38.0 Å². The molecule has 1 unspecified atom stereocenters. The average Bonchev–Trinajstić information content (AvgIpc) is 2.28. The summed E-state index contributed by atoms with van der Waals surface area (Å²) >= 11 is 0. The molecule has 0 radical (unpaired) electrons. The van der Waals surface area contributed by atoms with E-state index in [-0.39, 0.29) is 36.4 Å². The number of Topliss-reactive ketones (excluding diaryl/α,β-unsaturated/α-hetero) is 1. The van der Waals surface area contributed by atoms with Gasteiger partial charge in [0.2, 0.25) is 0 Å². The summed E-state index contributed by atoms with van der Waals surface area (Å²) in [6.45, 7) is 1.60.